The molecule has 2 saturated heterocycles. The van der Waals surface area contributed by atoms with Crippen molar-refractivity contribution in [3.63, 3.8) is 0 Å². The maximum atomic E-state index is 5.91. The Bertz CT molecular complexity index is 530. The third kappa shape index (κ3) is 5.07. The average Bonchev–Trinajstić information content (AvgIpc) is 3.12. The molecule has 5 nitrogen and oxygen atoms in total. The van der Waals surface area contributed by atoms with Gasteiger partial charge in [0.15, 0.2) is 5.96 Å². The fraction of sp³-hybridized carbons (Fsp3) is 0.611. The molecule has 2 fully saturated rings. The van der Waals surface area contributed by atoms with Crippen LogP contribution >= 0.6 is 24.0 Å². The first kappa shape index (κ1) is 19.5. The number of nitrogens with one attached hydrogen (secondary N) is 1. The van der Waals surface area contributed by atoms with Crippen molar-refractivity contribution in [3.8, 4) is 0 Å². The molecule has 2 heterocycles. The van der Waals surface area contributed by atoms with E-state index in [-0.39, 0.29) is 36.2 Å². The van der Waals surface area contributed by atoms with Crippen LogP contribution < -0.4 is 5.32 Å². The number of nitrogens with zero attached hydrogens (tertiary/aromatic N) is 2. The summed E-state index contributed by atoms with van der Waals surface area (Å²) in [6.07, 6.45) is 2.65. The second-order valence-corrected chi connectivity index (χ2v) is 6.29. The number of morpholine rings is 1. The van der Waals surface area contributed by atoms with E-state index < -0.39 is 0 Å². The molecule has 0 aliphatic carbocycles. The lowest BCUT2D eigenvalue weighted by Gasteiger charge is -2.37. The molecule has 0 bridgehead atoms. The summed E-state index contributed by atoms with van der Waals surface area (Å²) < 4.78 is 11.7. The van der Waals surface area contributed by atoms with Crippen molar-refractivity contribution in [2.45, 2.75) is 38.5 Å². The molecular formula is C18H28IN3O2. The van der Waals surface area contributed by atoms with Gasteiger partial charge in [0.2, 0.25) is 0 Å². The van der Waals surface area contributed by atoms with Gasteiger partial charge in [-0.2, -0.15) is 0 Å². The number of ether oxygens (including phenoxy) is 2. The lowest BCUT2D eigenvalue weighted by Crippen LogP contribution is -2.53. The van der Waals surface area contributed by atoms with Crippen LogP contribution in [0.1, 0.15) is 24.0 Å². The van der Waals surface area contributed by atoms with Crippen LogP contribution in [0, 0.1) is 6.92 Å². The summed E-state index contributed by atoms with van der Waals surface area (Å²) >= 11 is 0. The molecule has 2 aliphatic rings. The molecule has 24 heavy (non-hydrogen) atoms. The molecule has 0 saturated carbocycles. The van der Waals surface area contributed by atoms with E-state index in [1.54, 1.807) is 0 Å². The van der Waals surface area contributed by atoms with Gasteiger partial charge in [0.05, 0.1) is 12.7 Å². The number of aryl methyl sites for hydroxylation is 1. The quantitative estimate of drug-likeness (QED) is 0.442. The van der Waals surface area contributed by atoms with Crippen molar-refractivity contribution in [1.82, 2.24) is 10.2 Å². The first-order chi connectivity index (χ1) is 11.3. The maximum absolute atomic E-state index is 5.91. The number of guanidine groups is 1. The number of hydrogen-bond donors (Lipinski definition) is 1. The van der Waals surface area contributed by atoms with Crippen LogP contribution in [-0.2, 0) is 16.0 Å². The average molecular weight is 445 g/mol. The predicted octanol–water partition coefficient (Wildman–Crippen LogP) is 2.57. The minimum Gasteiger partial charge on any atom is -0.375 e. The van der Waals surface area contributed by atoms with Crippen molar-refractivity contribution in [3.05, 3.63) is 35.4 Å². The lowest BCUT2D eigenvalue weighted by molar-refractivity contribution is -0.0817. The molecule has 134 valence electrons. The van der Waals surface area contributed by atoms with E-state index in [0.29, 0.717) is 0 Å². The fourth-order valence-electron chi connectivity index (χ4n) is 3.21. The minimum atomic E-state index is 0. The van der Waals surface area contributed by atoms with Gasteiger partial charge in [-0.05, 0) is 25.3 Å². The molecule has 2 unspecified atom stereocenters. The van der Waals surface area contributed by atoms with Gasteiger partial charge in [-0.1, -0.05) is 29.8 Å². The molecule has 6 heteroatoms. The van der Waals surface area contributed by atoms with Gasteiger partial charge in [-0.25, -0.2) is 0 Å². The highest BCUT2D eigenvalue weighted by Crippen LogP contribution is 2.21. The maximum Gasteiger partial charge on any atom is 0.194 e. The van der Waals surface area contributed by atoms with Crippen molar-refractivity contribution in [2.75, 3.05) is 33.4 Å². The van der Waals surface area contributed by atoms with Crippen molar-refractivity contribution < 1.29 is 9.47 Å². The zero-order valence-electron chi connectivity index (χ0n) is 14.5. The van der Waals surface area contributed by atoms with Gasteiger partial charge in [-0.15, -0.1) is 24.0 Å². The molecule has 0 amide bonds. The van der Waals surface area contributed by atoms with Gasteiger partial charge >= 0.3 is 0 Å². The third-order valence-electron chi connectivity index (χ3n) is 4.56. The Morgan fingerprint density at radius 3 is 2.62 bits per heavy atom. The monoisotopic (exact) mass is 445 g/mol. The Hall–Kier alpha value is -0.860. The van der Waals surface area contributed by atoms with E-state index in [1.165, 1.54) is 11.1 Å². The van der Waals surface area contributed by atoms with E-state index in [1.807, 2.05) is 7.05 Å². The highest BCUT2D eigenvalue weighted by molar-refractivity contribution is 14.0. The molecule has 1 aromatic rings. The summed E-state index contributed by atoms with van der Waals surface area (Å²) in [6.45, 7) is 6.21. The van der Waals surface area contributed by atoms with Crippen LogP contribution in [0.15, 0.2) is 29.3 Å². The molecule has 1 aromatic carbocycles. The number of rotatable bonds is 3. The summed E-state index contributed by atoms with van der Waals surface area (Å²) in [7, 11) is 1.84. The SMILES string of the molecule is CN=C(NCc1ccc(C)cc1)N1CCOC(C2CCCO2)C1.I. The molecule has 0 spiro atoms. The Balaban J connectivity index is 0.00000208. The van der Waals surface area contributed by atoms with Gasteiger partial charge < -0.3 is 19.7 Å². The summed E-state index contributed by atoms with van der Waals surface area (Å²) in [6, 6.07) is 8.60. The van der Waals surface area contributed by atoms with Crippen LogP contribution in [0.25, 0.3) is 0 Å². The lowest BCUT2D eigenvalue weighted by atomic mass is 10.1. The molecule has 1 N–H and O–H groups in total. The Kier molecular flexibility index (Phi) is 7.77. The normalized spacial score (nSPS) is 24.6. The molecule has 0 radical (unpaired) electrons. The van der Waals surface area contributed by atoms with Crippen molar-refractivity contribution >= 4 is 29.9 Å². The number of aliphatic imine (C=N–C) groups is 1. The third-order valence-corrected chi connectivity index (χ3v) is 4.56. The predicted molar refractivity (Wildman–Crippen MR) is 107 cm³/mol. The zero-order chi connectivity index (χ0) is 16.1. The number of halogens is 1. The van der Waals surface area contributed by atoms with Crippen LogP contribution in [-0.4, -0.2) is 56.4 Å². The Labute approximate surface area is 161 Å². The van der Waals surface area contributed by atoms with Crippen LogP contribution in [0.5, 0.6) is 0 Å². The highest BCUT2D eigenvalue weighted by Gasteiger charge is 2.32. The smallest absolute Gasteiger partial charge is 0.194 e. The second-order valence-electron chi connectivity index (χ2n) is 6.29. The van der Waals surface area contributed by atoms with Gasteiger partial charge in [0.1, 0.15) is 6.10 Å². The number of benzene rings is 1. The second kappa shape index (κ2) is 9.58. The standard InChI is InChI=1S/C18H27N3O2.HI/c1-14-5-7-15(8-6-14)12-20-18(19-2)21-9-11-23-17(13-21)16-4-3-10-22-16;/h5-8,16-17H,3-4,9-13H2,1-2H3,(H,19,20);1H. The number of hydrogen-bond acceptors (Lipinski definition) is 3. The van der Waals surface area contributed by atoms with Crippen molar-refractivity contribution in [1.29, 1.82) is 0 Å². The van der Waals surface area contributed by atoms with E-state index in [4.69, 9.17) is 9.47 Å². The molecule has 0 aromatic heterocycles. The van der Waals surface area contributed by atoms with Crippen LogP contribution in [0.4, 0.5) is 0 Å². The summed E-state index contributed by atoms with van der Waals surface area (Å²) in [5, 5.41) is 3.47. The minimum absolute atomic E-state index is 0. The first-order valence-corrected chi connectivity index (χ1v) is 8.50. The molecule has 2 aliphatic heterocycles. The molecule has 3 rings (SSSR count). The Morgan fingerprint density at radius 1 is 1.21 bits per heavy atom. The summed E-state index contributed by atoms with van der Waals surface area (Å²) in [5.41, 5.74) is 2.55. The van der Waals surface area contributed by atoms with E-state index in [0.717, 1.165) is 51.6 Å². The summed E-state index contributed by atoms with van der Waals surface area (Å²) in [4.78, 5) is 6.72. The highest BCUT2D eigenvalue weighted by atomic mass is 127. The van der Waals surface area contributed by atoms with Gasteiger partial charge in [-0.3, -0.25) is 4.99 Å². The van der Waals surface area contributed by atoms with E-state index in [2.05, 4.69) is 46.4 Å². The van der Waals surface area contributed by atoms with Crippen molar-refractivity contribution in [2.24, 2.45) is 4.99 Å². The molecular weight excluding hydrogens is 417 g/mol. The van der Waals surface area contributed by atoms with Crippen LogP contribution in [0.3, 0.4) is 0 Å². The van der Waals surface area contributed by atoms with Gasteiger partial charge in [0.25, 0.3) is 0 Å². The molecule has 2 atom stereocenters. The van der Waals surface area contributed by atoms with E-state index in [9.17, 15) is 0 Å². The summed E-state index contributed by atoms with van der Waals surface area (Å²) in [5.74, 6) is 0.942. The zero-order valence-corrected chi connectivity index (χ0v) is 16.9. The Morgan fingerprint density at radius 2 is 1.96 bits per heavy atom. The van der Waals surface area contributed by atoms with Gasteiger partial charge in [0, 0.05) is 33.3 Å². The fourth-order valence-corrected chi connectivity index (χ4v) is 3.21. The topological polar surface area (TPSA) is 46.1 Å². The largest absolute Gasteiger partial charge is 0.375 e. The first-order valence-electron chi connectivity index (χ1n) is 8.50. The van der Waals surface area contributed by atoms with E-state index >= 15 is 0 Å². The van der Waals surface area contributed by atoms with Crippen LogP contribution in [0.2, 0.25) is 0 Å².